The van der Waals surface area contributed by atoms with E-state index >= 15 is 0 Å². The molecule has 10 heteroatoms. The summed E-state index contributed by atoms with van der Waals surface area (Å²) in [7, 11) is -1.68. The maximum absolute atomic E-state index is 12.2. The molecule has 0 spiro atoms. The summed E-state index contributed by atoms with van der Waals surface area (Å²) in [6.07, 6.45) is 0.392. The standard InChI is InChI=1S/C14H18BBrCl2N2O4/c1-7(2)5-10(15(23)24)20-11(21)6-19-14(22)12-8(16)3-4-9(17)13(12)18/h3-4,7,10,23-24H,5-6H2,1-2H3,(H,19,22)(H,20,21)/t10-/m0/s1. The molecule has 4 N–H and O–H groups in total. The van der Waals surface area contributed by atoms with Crippen molar-refractivity contribution in [2.45, 2.75) is 26.2 Å². The Morgan fingerprint density at radius 3 is 2.46 bits per heavy atom. The topological polar surface area (TPSA) is 98.7 Å². The number of nitrogens with one attached hydrogen (secondary N) is 2. The lowest BCUT2D eigenvalue weighted by atomic mass is 9.75. The van der Waals surface area contributed by atoms with E-state index in [-0.39, 0.29) is 28.1 Å². The molecule has 0 unspecified atom stereocenters. The van der Waals surface area contributed by atoms with Crippen LogP contribution in [0.25, 0.3) is 0 Å². The van der Waals surface area contributed by atoms with Crippen LogP contribution in [0.2, 0.25) is 10.0 Å². The van der Waals surface area contributed by atoms with Gasteiger partial charge in [0.15, 0.2) is 0 Å². The van der Waals surface area contributed by atoms with Gasteiger partial charge in [-0.1, -0.05) is 37.0 Å². The maximum atomic E-state index is 12.2. The van der Waals surface area contributed by atoms with Gasteiger partial charge in [-0.2, -0.15) is 0 Å². The highest BCUT2D eigenvalue weighted by Crippen LogP contribution is 2.31. The second-order valence-corrected chi connectivity index (χ2v) is 7.26. The van der Waals surface area contributed by atoms with E-state index in [0.29, 0.717) is 10.9 Å². The molecule has 0 fully saturated rings. The summed E-state index contributed by atoms with van der Waals surface area (Å²) in [5, 5.41) is 23.8. The molecule has 132 valence electrons. The second kappa shape index (κ2) is 9.63. The van der Waals surface area contributed by atoms with Crippen LogP contribution in [0.4, 0.5) is 0 Å². The Labute approximate surface area is 159 Å². The van der Waals surface area contributed by atoms with Crippen LogP contribution in [0.15, 0.2) is 16.6 Å². The second-order valence-electron chi connectivity index (χ2n) is 5.62. The van der Waals surface area contributed by atoms with Gasteiger partial charge in [0.25, 0.3) is 5.91 Å². The first-order valence-electron chi connectivity index (χ1n) is 7.20. The molecular formula is C14H18BBrCl2N2O4. The van der Waals surface area contributed by atoms with Gasteiger partial charge in [0, 0.05) is 4.47 Å². The molecule has 0 heterocycles. The first-order valence-corrected chi connectivity index (χ1v) is 8.75. The lowest BCUT2D eigenvalue weighted by Crippen LogP contribution is -2.50. The highest BCUT2D eigenvalue weighted by Gasteiger charge is 2.26. The van der Waals surface area contributed by atoms with Crippen molar-refractivity contribution in [3.05, 3.63) is 32.2 Å². The van der Waals surface area contributed by atoms with Gasteiger partial charge >= 0.3 is 7.12 Å². The summed E-state index contributed by atoms with van der Waals surface area (Å²) in [4.78, 5) is 24.1. The van der Waals surface area contributed by atoms with Gasteiger partial charge in [-0.15, -0.1) is 0 Å². The van der Waals surface area contributed by atoms with Crippen LogP contribution in [0.5, 0.6) is 0 Å². The zero-order chi connectivity index (χ0) is 18.4. The molecule has 0 aliphatic carbocycles. The van der Waals surface area contributed by atoms with Gasteiger partial charge in [0.05, 0.1) is 28.1 Å². The maximum Gasteiger partial charge on any atom is 0.475 e. The predicted octanol–water partition coefficient (Wildman–Crippen LogP) is 2.03. The predicted molar refractivity (Wildman–Crippen MR) is 98.1 cm³/mol. The highest BCUT2D eigenvalue weighted by molar-refractivity contribution is 9.10. The molecule has 0 bridgehead atoms. The van der Waals surface area contributed by atoms with Crippen molar-refractivity contribution < 1.29 is 19.6 Å². The molecule has 1 aromatic carbocycles. The van der Waals surface area contributed by atoms with E-state index in [1.165, 1.54) is 6.07 Å². The van der Waals surface area contributed by atoms with Gasteiger partial charge in [-0.3, -0.25) is 9.59 Å². The lowest BCUT2D eigenvalue weighted by Gasteiger charge is -2.19. The molecule has 1 rings (SSSR count). The molecular weight excluding hydrogens is 422 g/mol. The van der Waals surface area contributed by atoms with E-state index in [9.17, 15) is 19.6 Å². The van der Waals surface area contributed by atoms with Crippen molar-refractivity contribution in [2.75, 3.05) is 6.54 Å². The number of amides is 2. The molecule has 0 radical (unpaired) electrons. The molecule has 6 nitrogen and oxygen atoms in total. The summed E-state index contributed by atoms with van der Waals surface area (Å²) >= 11 is 15.1. The van der Waals surface area contributed by atoms with Gasteiger partial charge in [0.1, 0.15) is 0 Å². The lowest BCUT2D eigenvalue weighted by molar-refractivity contribution is -0.120. The fourth-order valence-corrected chi connectivity index (χ4v) is 3.04. The minimum atomic E-state index is -1.68. The van der Waals surface area contributed by atoms with Crippen LogP contribution in [0, 0.1) is 5.92 Å². The Balaban J connectivity index is 2.67. The Bertz CT molecular complexity index is 617. The van der Waals surface area contributed by atoms with Crippen LogP contribution in [-0.2, 0) is 4.79 Å². The van der Waals surface area contributed by atoms with Crippen molar-refractivity contribution in [2.24, 2.45) is 5.92 Å². The van der Waals surface area contributed by atoms with E-state index in [0.717, 1.165) is 0 Å². The van der Waals surface area contributed by atoms with Crippen LogP contribution in [0.1, 0.15) is 30.6 Å². The third kappa shape index (κ3) is 6.25. The average molecular weight is 440 g/mol. The van der Waals surface area contributed by atoms with Crippen molar-refractivity contribution in [3.63, 3.8) is 0 Å². The number of halogens is 3. The average Bonchev–Trinajstić information content (AvgIpc) is 2.48. The Hall–Kier alpha value is -0.795. The van der Waals surface area contributed by atoms with Crippen molar-refractivity contribution in [1.29, 1.82) is 0 Å². The number of hydrogen-bond acceptors (Lipinski definition) is 4. The van der Waals surface area contributed by atoms with E-state index in [1.54, 1.807) is 6.07 Å². The zero-order valence-corrected chi connectivity index (χ0v) is 16.2. The minimum absolute atomic E-state index is 0.0763. The van der Waals surface area contributed by atoms with E-state index in [2.05, 4.69) is 26.6 Å². The van der Waals surface area contributed by atoms with Gasteiger partial charge in [-0.05, 0) is 40.4 Å². The normalized spacial score (nSPS) is 12.0. The van der Waals surface area contributed by atoms with Crippen LogP contribution in [0.3, 0.4) is 0 Å². The number of carbonyl (C=O) groups is 2. The molecule has 0 saturated heterocycles. The zero-order valence-electron chi connectivity index (χ0n) is 13.1. The summed E-state index contributed by atoms with van der Waals surface area (Å²) < 4.78 is 0.443. The summed E-state index contributed by atoms with van der Waals surface area (Å²) in [6.45, 7) is 3.44. The summed E-state index contributed by atoms with van der Waals surface area (Å²) in [6, 6.07) is 3.11. The third-order valence-electron chi connectivity index (χ3n) is 3.11. The summed E-state index contributed by atoms with van der Waals surface area (Å²) in [5.41, 5.74) is 0.123. The van der Waals surface area contributed by atoms with Crippen LogP contribution in [-0.4, -0.2) is 41.5 Å². The first-order chi connectivity index (χ1) is 11.1. The number of benzene rings is 1. The first kappa shape index (κ1) is 21.2. The van der Waals surface area contributed by atoms with E-state index in [4.69, 9.17) is 23.2 Å². The Morgan fingerprint density at radius 1 is 1.29 bits per heavy atom. The third-order valence-corrected chi connectivity index (χ3v) is 4.58. The molecule has 0 saturated carbocycles. The molecule has 24 heavy (non-hydrogen) atoms. The largest absolute Gasteiger partial charge is 0.475 e. The SMILES string of the molecule is CC(C)C[C@H](NC(=O)CNC(=O)c1c(Br)ccc(Cl)c1Cl)B(O)O. The van der Waals surface area contributed by atoms with E-state index < -0.39 is 24.9 Å². The van der Waals surface area contributed by atoms with Gasteiger partial charge in [-0.25, -0.2) is 0 Å². The number of hydrogen-bond donors (Lipinski definition) is 4. The monoisotopic (exact) mass is 438 g/mol. The molecule has 0 aliphatic heterocycles. The molecule has 1 aromatic rings. The Kier molecular flexibility index (Phi) is 8.52. The molecule has 1 atom stereocenters. The molecule has 2 amide bonds. The molecule has 0 aliphatic rings. The van der Waals surface area contributed by atoms with E-state index in [1.807, 2.05) is 13.8 Å². The van der Waals surface area contributed by atoms with Gasteiger partial charge < -0.3 is 20.7 Å². The summed E-state index contributed by atoms with van der Waals surface area (Å²) in [5.74, 6) is -1.77. The highest BCUT2D eigenvalue weighted by atomic mass is 79.9. The minimum Gasteiger partial charge on any atom is -0.426 e. The quantitative estimate of drug-likeness (QED) is 0.386. The van der Waals surface area contributed by atoms with Crippen molar-refractivity contribution in [1.82, 2.24) is 10.6 Å². The van der Waals surface area contributed by atoms with Gasteiger partial charge in [0.2, 0.25) is 5.91 Å². The van der Waals surface area contributed by atoms with Crippen LogP contribution < -0.4 is 10.6 Å². The number of carbonyl (C=O) groups excluding carboxylic acids is 2. The van der Waals surface area contributed by atoms with Crippen molar-refractivity contribution >= 4 is 58.1 Å². The fourth-order valence-electron chi connectivity index (χ4n) is 2.01. The van der Waals surface area contributed by atoms with Crippen molar-refractivity contribution in [3.8, 4) is 0 Å². The number of rotatable bonds is 7. The fraction of sp³-hybridized carbons (Fsp3) is 0.429. The smallest absolute Gasteiger partial charge is 0.426 e. The Morgan fingerprint density at radius 2 is 1.92 bits per heavy atom. The van der Waals surface area contributed by atoms with Crippen LogP contribution >= 0.6 is 39.1 Å². The molecule has 0 aromatic heterocycles.